The third-order valence-corrected chi connectivity index (χ3v) is 11.4. The van der Waals surface area contributed by atoms with Crippen LogP contribution < -0.4 is 10.1 Å². The number of rotatable bonds is 16. The minimum atomic E-state index is -4.65. The first-order valence-electron chi connectivity index (χ1n) is 15.6. The quantitative estimate of drug-likeness (QED) is 0.109. The summed E-state index contributed by atoms with van der Waals surface area (Å²) in [5.74, 6) is -0.238. The maximum atomic E-state index is 14.2. The number of amides is 1. The van der Waals surface area contributed by atoms with E-state index in [1.165, 1.54) is 6.07 Å². The van der Waals surface area contributed by atoms with Crippen LogP contribution in [0.1, 0.15) is 125 Å². The molecule has 6 nitrogen and oxygen atoms in total. The predicted octanol–water partition coefficient (Wildman–Crippen LogP) is 10.5. The Bertz CT molecular complexity index is 1070. The van der Waals surface area contributed by atoms with E-state index in [0.717, 1.165) is 31.7 Å². The largest absolute Gasteiger partial charge is 0.493 e. The molecule has 0 bridgehead atoms. The van der Waals surface area contributed by atoms with Crippen LogP contribution in [0.5, 0.6) is 5.75 Å². The highest BCUT2D eigenvalue weighted by Gasteiger charge is 2.49. The van der Waals surface area contributed by atoms with Crippen molar-refractivity contribution in [1.82, 2.24) is 5.32 Å². The number of alkyl halides is 4. The molecule has 1 atom stereocenters. The number of benzene rings is 1. The van der Waals surface area contributed by atoms with Gasteiger partial charge in [-0.3, -0.25) is 8.96 Å². The Labute approximate surface area is 262 Å². The lowest BCUT2D eigenvalue weighted by Crippen LogP contribution is -2.54. The number of nitrogens with one attached hydrogen (secondary N) is 1. The van der Waals surface area contributed by atoms with Crippen molar-refractivity contribution in [1.29, 1.82) is 0 Å². The number of carbonyl (C=O) groups excluding carboxylic acids is 1. The van der Waals surface area contributed by atoms with E-state index in [0.29, 0.717) is 12.0 Å². The first-order valence-corrected chi connectivity index (χ1v) is 17.3. The number of ether oxygens (including phenoxy) is 2. The summed E-state index contributed by atoms with van der Waals surface area (Å²) in [6, 6.07) is 3.90. The smallest absolute Gasteiger partial charge is 0.419 e. The lowest BCUT2D eigenvalue weighted by Gasteiger charge is -2.43. The molecule has 0 aromatic heterocycles. The Morgan fingerprint density at radius 3 is 1.98 bits per heavy atom. The summed E-state index contributed by atoms with van der Waals surface area (Å²) in [4.78, 5) is 12.9. The van der Waals surface area contributed by atoms with Crippen molar-refractivity contribution in [3.05, 3.63) is 29.3 Å². The summed E-state index contributed by atoms with van der Waals surface area (Å²) >= 11 is 0. The van der Waals surface area contributed by atoms with Gasteiger partial charge in [0.05, 0.1) is 31.0 Å². The standard InChI is InChI=1S/C33H56F4NO5P/c1-11-12-13-14-15-22-41-27-17-16-25(23-26(27)33(35,36)37)18-19-32(20-21-34,38-28(39)43-29(2,3)4)24-42-44(40,30(5,6)7)31(8,9)10/h16-17,23H,11-15,18-22,24H2,1-10H3,(H,38,39). The van der Waals surface area contributed by atoms with Crippen molar-refractivity contribution >= 4 is 13.5 Å². The van der Waals surface area contributed by atoms with Crippen LogP contribution >= 0.6 is 7.37 Å². The van der Waals surface area contributed by atoms with Gasteiger partial charge in [-0.25, -0.2) is 4.79 Å². The van der Waals surface area contributed by atoms with Gasteiger partial charge in [0.2, 0.25) is 7.37 Å². The van der Waals surface area contributed by atoms with E-state index >= 15 is 0 Å². The van der Waals surface area contributed by atoms with Crippen LogP contribution in [-0.2, 0) is 26.4 Å². The van der Waals surface area contributed by atoms with Crippen molar-refractivity contribution in [3.63, 3.8) is 0 Å². The molecule has 1 unspecified atom stereocenters. The third-order valence-electron chi connectivity index (χ3n) is 7.38. The first kappa shape index (κ1) is 40.2. The second-order valence-corrected chi connectivity index (χ2v) is 18.6. The Morgan fingerprint density at radius 2 is 1.48 bits per heavy atom. The molecule has 1 amide bonds. The maximum absolute atomic E-state index is 14.2. The fourth-order valence-electron chi connectivity index (χ4n) is 5.09. The Hall–Kier alpha value is -1.80. The van der Waals surface area contributed by atoms with Crippen LogP contribution in [0.2, 0.25) is 0 Å². The van der Waals surface area contributed by atoms with Gasteiger partial charge in [0.25, 0.3) is 0 Å². The minimum absolute atomic E-state index is 0.0133. The zero-order valence-corrected chi connectivity index (χ0v) is 29.4. The number of unbranched alkanes of at least 4 members (excludes halogenated alkanes) is 4. The summed E-state index contributed by atoms with van der Waals surface area (Å²) in [6.45, 7) is 16.9. The molecule has 1 N–H and O–H groups in total. The van der Waals surface area contributed by atoms with E-state index in [4.69, 9.17) is 14.0 Å². The molecule has 256 valence electrons. The van der Waals surface area contributed by atoms with Gasteiger partial charge in [0.1, 0.15) is 11.4 Å². The number of hydrogen-bond acceptors (Lipinski definition) is 5. The maximum Gasteiger partial charge on any atom is 0.419 e. The van der Waals surface area contributed by atoms with Gasteiger partial charge in [-0.15, -0.1) is 0 Å². The van der Waals surface area contributed by atoms with Gasteiger partial charge in [-0.2, -0.15) is 13.2 Å². The number of halogens is 4. The van der Waals surface area contributed by atoms with Crippen molar-refractivity contribution in [2.24, 2.45) is 0 Å². The van der Waals surface area contributed by atoms with Crippen LogP contribution in [0.3, 0.4) is 0 Å². The molecule has 0 radical (unpaired) electrons. The van der Waals surface area contributed by atoms with Gasteiger partial charge in [0.15, 0.2) is 0 Å². The monoisotopic (exact) mass is 653 g/mol. The average molecular weight is 654 g/mol. The van der Waals surface area contributed by atoms with Gasteiger partial charge >= 0.3 is 12.3 Å². The average Bonchev–Trinajstić information content (AvgIpc) is 2.85. The van der Waals surface area contributed by atoms with Crippen molar-refractivity contribution in [3.8, 4) is 5.75 Å². The molecular weight excluding hydrogens is 597 g/mol. The third kappa shape index (κ3) is 12.5. The minimum Gasteiger partial charge on any atom is -0.493 e. The highest BCUT2D eigenvalue weighted by molar-refractivity contribution is 7.62. The molecule has 1 aromatic carbocycles. The number of aryl methyl sites for hydroxylation is 1. The van der Waals surface area contributed by atoms with Gasteiger partial charge in [-0.05, 0) is 57.7 Å². The summed E-state index contributed by atoms with van der Waals surface area (Å²) in [7, 11) is -3.42. The number of hydrogen-bond donors (Lipinski definition) is 1. The summed E-state index contributed by atoms with van der Waals surface area (Å²) in [5, 5.41) is 1.20. The van der Waals surface area contributed by atoms with Gasteiger partial charge in [0, 0.05) is 16.7 Å². The van der Waals surface area contributed by atoms with Gasteiger partial charge < -0.3 is 19.3 Å². The van der Waals surface area contributed by atoms with Crippen LogP contribution in [0.15, 0.2) is 18.2 Å². The Morgan fingerprint density at radius 1 is 0.886 bits per heavy atom. The Balaban J connectivity index is 3.38. The molecular formula is C33H56F4NO5P. The van der Waals surface area contributed by atoms with Crippen molar-refractivity contribution in [2.75, 3.05) is 19.9 Å². The highest BCUT2D eigenvalue weighted by atomic mass is 31.2. The fraction of sp³-hybridized carbons (Fsp3) is 0.788. The topological polar surface area (TPSA) is 73.9 Å². The van der Waals surface area contributed by atoms with Crippen LogP contribution in [0, 0.1) is 0 Å². The lowest BCUT2D eigenvalue weighted by molar-refractivity contribution is -0.139. The SMILES string of the molecule is CCCCCCCOc1ccc(CCC(CCF)(COP(=O)(C(C)(C)C)C(C)(C)C)NC(=O)OC(C)(C)C)cc1C(F)(F)F. The first-order chi connectivity index (χ1) is 20.0. The molecule has 11 heteroatoms. The lowest BCUT2D eigenvalue weighted by atomic mass is 9.88. The van der Waals surface area contributed by atoms with E-state index in [9.17, 15) is 26.9 Å². The molecule has 0 aliphatic heterocycles. The van der Waals surface area contributed by atoms with Crippen molar-refractivity contribution < 1.29 is 40.9 Å². The van der Waals surface area contributed by atoms with Crippen molar-refractivity contribution in [2.45, 2.75) is 148 Å². The molecule has 0 heterocycles. The second kappa shape index (κ2) is 16.2. The Kier molecular flexibility index (Phi) is 14.8. The molecule has 0 saturated heterocycles. The molecule has 0 aliphatic rings. The van der Waals surface area contributed by atoms with Crippen LogP contribution in [0.25, 0.3) is 0 Å². The molecule has 1 aromatic rings. The van der Waals surface area contributed by atoms with E-state index in [2.05, 4.69) is 12.2 Å². The number of carbonyl (C=O) groups is 1. The van der Waals surface area contributed by atoms with Crippen LogP contribution in [0.4, 0.5) is 22.4 Å². The molecule has 0 aliphatic carbocycles. The number of alkyl carbamates (subject to hydrolysis) is 1. The summed E-state index contributed by atoms with van der Waals surface area (Å²) in [5.41, 5.74) is -2.82. The zero-order chi connectivity index (χ0) is 34.0. The molecule has 0 saturated carbocycles. The van der Waals surface area contributed by atoms with E-state index < -0.39 is 53.3 Å². The summed E-state index contributed by atoms with van der Waals surface area (Å²) < 4.78 is 87.7. The van der Waals surface area contributed by atoms with Crippen LogP contribution in [-0.4, -0.2) is 47.4 Å². The van der Waals surface area contributed by atoms with Gasteiger partial charge in [-0.1, -0.05) is 80.2 Å². The molecule has 0 spiro atoms. The molecule has 0 fully saturated rings. The highest BCUT2D eigenvalue weighted by Crippen LogP contribution is 2.67. The van der Waals surface area contributed by atoms with E-state index in [1.54, 1.807) is 68.4 Å². The predicted molar refractivity (Wildman–Crippen MR) is 170 cm³/mol. The van der Waals surface area contributed by atoms with E-state index in [1.807, 2.05) is 0 Å². The molecule has 1 rings (SSSR count). The van der Waals surface area contributed by atoms with E-state index in [-0.39, 0.29) is 38.2 Å². The molecule has 44 heavy (non-hydrogen) atoms. The zero-order valence-electron chi connectivity index (χ0n) is 28.5. The second-order valence-electron chi connectivity index (χ2n) is 14.6. The fourth-order valence-corrected chi connectivity index (χ4v) is 8.31. The normalized spacial score (nSPS) is 14.7. The summed E-state index contributed by atoms with van der Waals surface area (Å²) in [6.07, 6.45) is -0.929.